The van der Waals surface area contributed by atoms with Crippen LogP contribution in [-0.2, 0) is 0 Å². The Bertz CT molecular complexity index is 311. The van der Waals surface area contributed by atoms with E-state index in [9.17, 15) is 0 Å². The first-order valence-corrected chi connectivity index (χ1v) is 8.98. The predicted molar refractivity (Wildman–Crippen MR) is 75.5 cm³/mol. The van der Waals surface area contributed by atoms with Gasteiger partial charge in [-0.3, -0.25) is 0 Å². The van der Waals surface area contributed by atoms with Gasteiger partial charge in [-0.2, -0.15) is 0 Å². The van der Waals surface area contributed by atoms with E-state index in [1.807, 2.05) is 0 Å². The average molecular weight is 347 g/mol. The minimum atomic E-state index is 0.414. The van der Waals surface area contributed by atoms with Crippen molar-refractivity contribution < 1.29 is 0 Å². The van der Waals surface area contributed by atoms with Gasteiger partial charge in [0.1, 0.15) is 0 Å². The molecule has 2 heteroatoms. The Kier molecular flexibility index (Phi) is 4.72. The van der Waals surface area contributed by atoms with Crippen molar-refractivity contribution in [2.24, 2.45) is 0 Å². The molecule has 0 bridgehead atoms. The molecule has 1 rings (SSSR count). The van der Waals surface area contributed by atoms with E-state index in [-0.39, 0.29) is 0 Å². The van der Waals surface area contributed by atoms with Gasteiger partial charge in [-0.15, -0.1) is 0 Å². The Morgan fingerprint density at radius 1 is 0.938 bits per heavy atom. The summed E-state index contributed by atoms with van der Waals surface area (Å²) in [5.74, 6) is 0. The Morgan fingerprint density at radius 3 is 2.00 bits per heavy atom. The molecule has 0 saturated heterocycles. The standard InChI is InChI=1S/C14H21Se2/c1-13(2,3)15-11-8-7-9-12(10-11)16-14(4,5)6/h7-8,10H,1-6H3. The van der Waals surface area contributed by atoms with E-state index in [0.29, 0.717) is 38.5 Å². The second-order valence-electron chi connectivity index (χ2n) is 5.82. The molecule has 0 unspecified atom stereocenters. The van der Waals surface area contributed by atoms with E-state index in [2.05, 4.69) is 65.8 Å². The van der Waals surface area contributed by atoms with Crippen LogP contribution in [0, 0.1) is 6.07 Å². The van der Waals surface area contributed by atoms with Crippen LogP contribution in [0.5, 0.6) is 0 Å². The molecule has 16 heavy (non-hydrogen) atoms. The van der Waals surface area contributed by atoms with Gasteiger partial charge in [0.25, 0.3) is 0 Å². The summed E-state index contributed by atoms with van der Waals surface area (Å²) in [5, 5.41) is 0. The maximum atomic E-state index is 3.39. The second kappa shape index (κ2) is 5.27. The third-order valence-electron chi connectivity index (χ3n) is 1.59. The zero-order valence-corrected chi connectivity index (χ0v) is 14.5. The number of benzene rings is 1. The van der Waals surface area contributed by atoms with Crippen molar-refractivity contribution in [1.82, 2.24) is 0 Å². The molecular formula is C14H21Se2. The topological polar surface area (TPSA) is 0 Å². The molecule has 0 amide bonds. The van der Waals surface area contributed by atoms with Gasteiger partial charge in [-0.05, 0) is 0 Å². The molecule has 0 heterocycles. The molecule has 0 atom stereocenters. The van der Waals surface area contributed by atoms with E-state index >= 15 is 0 Å². The molecular weight excluding hydrogens is 326 g/mol. The number of hydrogen-bond donors (Lipinski definition) is 0. The average Bonchev–Trinajstić information content (AvgIpc) is 1.96. The molecule has 0 aromatic heterocycles. The van der Waals surface area contributed by atoms with Gasteiger partial charge >= 0.3 is 113 Å². The van der Waals surface area contributed by atoms with E-state index < -0.39 is 0 Å². The van der Waals surface area contributed by atoms with E-state index in [0.717, 1.165) is 0 Å². The number of hydrogen-bond acceptors (Lipinski definition) is 0. The fourth-order valence-corrected chi connectivity index (χ4v) is 5.79. The summed E-state index contributed by atoms with van der Waals surface area (Å²) in [7, 11) is 0. The van der Waals surface area contributed by atoms with Crippen molar-refractivity contribution in [2.75, 3.05) is 0 Å². The first-order valence-electron chi connectivity index (χ1n) is 5.55. The molecule has 1 aromatic rings. The van der Waals surface area contributed by atoms with Gasteiger partial charge in [0.2, 0.25) is 0 Å². The van der Waals surface area contributed by atoms with Crippen LogP contribution in [0.3, 0.4) is 0 Å². The summed E-state index contributed by atoms with van der Waals surface area (Å²) >= 11 is 1.09. The molecule has 0 saturated carbocycles. The van der Waals surface area contributed by atoms with Crippen LogP contribution >= 0.6 is 0 Å². The van der Waals surface area contributed by atoms with Crippen LogP contribution in [0.15, 0.2) is 18.2 Å². The molecule has 0 aliphatic rings. The summed E-state index contributed by atoms with van der Waals surface area (Å²) < 4.78 is 3.78. The molecule has 1 radical (unpaired) electrons. The van der Waals surface area contributed by atoms with Gasteiger partial charge in [0.15, 0.2) is 0 Å². The first kappa shape index (κ1) is 14.3. The van der Waals surface area contributed by atoms with Gasteiger partial charge in [0, 0.05) is 0 Å². The quantitative estimate of drug-likeness (QED) is 0.722. The van der Waals surface area contributed by atoms with Crippen LogP contribution in [0.1, 0.15) is 41.5 Å². The SMILES string of the molecule is CC(C)(C)[Se]c1[c]ccc([Se]C(C)(C)C)c1. The van der Waals surface area contributed by atoms with Crippen molar-refractivity contribution in [3.63, 3.8) is 0 Å². The monoisotopic (exact) mass is 349 g/mol. The van der Waals surface area contributed by atoms with Gasteiger partial charge in [0.05, 0.1) is 0 Å². The molecule has 89 valence electrons. The fraction of sp³-hybridized carbons (Fsp3) is 0.571. The second-order valence-corrected chi connectivity index (χ2v) is 13.7. The van der Waals surface area contributed by atoms with Gasteiger partial charge in [-0.1, -0.05) is 0 Å². The normalized spacial score (nSPS) is 12.9. The van der Waals surface area contributed by atoms with E-state index in [4.69, 9.17) is 0 Å². The van der Waals surface area contributed by atoms with Crippen molar-refractivity contribution in [2.45, 2.75) is 50.2 Å². The van der Waals surface area contributed by atoms with E-state index in [1.54, 1.807) is 0 Å². The Morgan fingerprint density at radius 2 is 1.50 bits per heavy atom. The molecule has 0 N–H and O–H groups in total. The molecule has 1 aromatic carbocycles. The Hall–Kier alpha value is 0.259. The molecule has 0 spiro atoms. The molecule has 0 aliphatic heterocycles. The first-order chi connectivity index (χ1) is 7.16. The zero-order valence-electron chi connectivity index (χ0n) is 11.0. The molecule has 0 nitrogen and oxygen atoms in total. The van der Waals surface area contributed by atoms with E-state index in [1.165, 1.54) is 8.92 Å². The zero-order chi connectivity index (χ0) is 12.4. The predicted octanol–water partition coefficient (Wildman–Crippen LogP) is 2.58. The summed E-state index contributed by atoms with van der Waals surface area (Å²) in [6.45, 7) is 13.9. The third kappa shape index (κ3) is 6.11. The maximum absolute atomic E-state index is 3.39. The van der Waals surface area contributed by atoms with Crippen molar-refractivity contribution in [3.05, 3.63) is 24.3 Å². The summed E-state index contributed by atoms with van der Waals surface area (Å²) in [4.78, 5) is 0. The number of rotatable bonds is 2. The Balaban J connectivity index is 2.79. The van der Waals surface area contributed by atoms with Crippen molar-refractivity contribution in [1.29, 1.82) is 0 Å². The van der Waals surface area contributed by atoms with Crippen molar-refractivity contribution in [3.8, 4) is 0 Å². The van der Waals surface area contributed by atoms with Crippen molar-refractivity contribution >= 4 is 38.8 Å². The molecule has 0 fully saturated rings. The van der Waals surface area contributed by atoms with Crippen LogP contribution in [0.25, 0.3) is 0 Å². The van der Waals surface area contributed by atoms with Crippen LogP contribution in [0.2, 0.25) is 8.63 Å². The minimum absolute atomic E-state index is 0.414. The van der Waals surface area contributed by atoms with Gasteiger partial charge in [-0.25, -0.2) is 0 Å². The summed E-state index contributed by atoms with van der Waals surface area (Å²) in [6.07, 6.45) is 0. The van der Waals surface area contributed by atoms with Crippen LogP contribution in [-0.4, -0.2) is 29.9 Å². The fourth-order valence-electron chi connectivity index (χ4n) is 1.23. The summed E-state index contributed by atoms with van der Waals surface area (Å²) in [6, 6.07) is 10.1. The Labute approximate surface area is 113 Å². The van der Waals surface area contributed by atoms with Crippen LogP contribution in [0.4, 0.5) is 0 Å². The van der Waals surface area contributed by atoms with Gasteiger partial charge < -0.3 is 0 Å². The third-order valence-corrected chi connectivity index (χ3v) is 6.14. The summed E-state index contributed by atoms with van der Waals surface area (Å²) in [5.41, 5.74) is 0. The van der Waals surface area contributed by atoms with Crippen LogP contribution < -0.4 is 8.92 Å². The molecule has 0 aliphatic carbocycles.